The Labute approximate surface area is 266 Å². The Bertz CT molecular complexity index is 1010. The fourth-order valence-electron chi connectivity index (χ4n) is 1.66. The van der Waals surface area contributed by atoms with Gasteiger partial charge in [0.05, 0.1) is 7.21 Å². The van der Waals surface area contributed by atoms with Crippen molar-refractivity contribution in [2.24, 2.45) is 13.5 Å². The summed E-state index contributed by atoms with van der Waals surface area (Å²) in [6.07, 6.45) is 0. The second kappa shape index (κ2) is 38.1. The molecule has 0 saturated heterocycles. The number of hydrogen-bond acceptors (Lipinski definition) is 13. The quantitative estimate of drug-likeness (QED) is 0.164. The molecule has 13 nitrogen and oxygen atoms in total. The van der Waals surface area contributed by atoms with Gasteiger partial charge >= 0.3 is 50.2 Å². The summed E-state index contributed by atoms with van der Waals surface area (Å²) in [6.45, 7) is 31.3. The molecular formula is C20H52N9O4P9Rf2-2. The summed E-state index contributed by atoms with van der Waals surface area (Å²) in [6, 6.07) is 0. The molecule has 2 aromatic heterocycles. The molecule has 0 amide bonds. The van der Waals surface area contributed by atoms with Gasteiger partial charge in [0.2, 0.25) is 0 Å². The smallest absolute Gasteiger partial charge is 0.348 e. The minimum atomic E-state index is -2.13. The van der Waals surface area contributed by atoms with E-state index >= 15 is 0 Å². The number of allylic oxidation sites excluding steroid dienone is 1. The van der Waals surface area contributed by atoms with Crippen LogP contribution in [-0.4, -0.2) is 53.7 Å². The van der Waals surface area contributed by atoms with Crippen molar-refractivity contribution in [3.63, 3.8) is 0 Å². The molecule has 0 N–H and O–H groups in total. The van der Waals surface area contributed by atoms with E-state index in [9.17, 15) is 0 Å². The SMILES string of the molecule is C=C(C)C.CC.CC.CC.CC.[CH2-]OP1(C)=NP(C)(C)=NP(C)(O[CH2-])=N1.[CH2-]O[p+]1npnpn1.[CH2-]O[p+]1npnpn1.[Rf].[Rf]. The van der Waals surface area contributed by atoms with Crippen LogP contribution in [0.15, 0.2) is 25.7 Å². The zero-order valence-corrected chi connectivity index (χ0v) is 50.0. The molecule has 0 aromatic carbocycles. The maximum atomic E-state index is 5.13. The van der Waals surface area contributed by atoms with Gasteiger partial charge in [-0.05, 0) is 54.2 Å². The van der Waals surface area contributed by atoms with Gasteiger partial charge in [-0.3, -0.25) is 0 Å². The van der Waals surface area contributed by atoms with Gasteiger partial charge < -0.3 is 18.1 Å². The normalized spacial score (nSPS) is 19.0. The van der Waals surface area contributed by atoms with Crippen LogP contribution in [0.5, 0.6) is 0 Å². The summed E-state index contributed by atoms with van der Waals surface area (Å²) in [4.78, 5) is 0. The van der Waals surface area contributed by atoms with E-state index in [2.05, 4.69) is 84.7 Å². The molecule has 1 aliphatic rings. The number of aromatic nitrogens is 6. The van der Waals surface area contributed by atoms with Crippen LogP contribution in [0.3, 0.4) is 0 Å². The molecule has 3 rings (SSSR count). The van der Waals surface area contributed by atoms with E-state index in [0.29, 0.717) is 34.0 Å². The van der Waals surface area contributed by atoms with Gasteiger partial charge in [0.25, 0.3) is 0 Å². The van der Waals surface area contributed by atoms with E-state index in [1.54, 1.807) is 0 Å². The van der Waals surface area contributed by atoms with E-state index in [1.165, 1.54) is 5.57 Å². The fourth-order valence-corrected chi connectivity index (χ4v) is 17.8. The van der Waals surface area contributed by atoms with Crippen LogP contribution < -0.4 is 9.05 Å². The molecule has 0 fully saturated rings. The van der Waals surface area contributed by atoms with E-state index < -0.39 is 38.2 Å². The Morgan fingerprint density at radius 2 is 0.818 bits per heavy atom. The average Bonchev–Trinajstić information content (AvgIpc) is 3.01. The standard InChI is InChI=1S/C6H16N3O2P3.C4H8.4C2H6.2CH2N3OP3.2Rf/c1-10-13(5)7-12(3,4)8-14(6,9-13)11-2;1-4(2)3;4*1-2;2*1-5-8-3-6-2-7-4-8;;/h1-2H2,3-6H3;1H2,2-3H3;4*1-2H3;2*1H2;;/q-2;;;;;;;;;. The summed E-state index contributed by atoms with van der Waals surface area (Å²) in [7, 11) is 8.28. The van der Waals surface area contributed by atoms with E-state index in [-0.39, 0.29) is 0 Å². The molecule has 3 heterocycles. The molecule has 0 bridgehead atoms. The van der Waals surface area contributed by atoms with Gasteiger partial charge in [0, 0.05) is 13.3 Å². The topological polar surface area (TPSA) is 151 Å². The van der Waals surface area contributed by atoms with Crippen LogP contribution in [0.4, 0.5) is 0 Å². The summed E-state index contributed by atoms with van der Waals surface area (Å²) in [5, 5.41) is 0. The second-order valence-corrected chi connectivity index (χ2v) is 21.6. The van der Waals surface area contributed by atoms with Crippen molar-refractivity contribution >= 4 is 72.3 Å². The van der Waals surface area contributed by atoms with Crippen LogP contribution >= 0.6 is 72.3 Å². The van der Waals surface area contributed by atoms with E-state index in [1.807, 2.05) is 95.9 Å². The second-order valence-electron chi connectivity index (χ2n) is 6.40. The maximum Gasteiger partial charge on any atom is 0.348 e. The van der Waals surface area contributed by atoms with Gasteiger partial charge in [-0.15, -0.1) is 6.58 Å². The van der Waals surface area contributed by atoms with Crippen LogP contribution in [0.1, 0.15) is 69.2 Å². The molecule has 2 atom stereocenters. The predicted molar refractivity (Wildman–Crippen MR) is 198 cm³/mol. The third-order valence-electron chi connectivity index (χ3n) is 2.45. The van der Waals surface area contributed by atoms with Gasteiger partial charge in [-0.25, -0.2) is 23.3 Å². The Hall–Kier alpha value is -1.13. The number of nitrogens with zero attached hydrogens (tertiary/aromatic N) is 9. The molecule has 0 radical (unpaired) electrons. The van der Waals surface area contributed by atoms with Crippen molar-refractivity contribution in [2.45, 2.75) is 69.2 Å². The molecule has 44 heavy (non-hydrogen) atoms. The first-order chi connectivity index (χ1) is 19.8. The van der Waals surface area contributed by atoms with E-state index in [0.717, 1.165) is 0 Å². The maximum absolute atomic E-state index is 5.13. The first-order valence-electron chi connectivity index (χ1n) is 12.6. The third-order valence-corrected chi connectivity index (χ3v) is 17.7. The Balaban J connectivity index is -0.0000000800. The summed E-state index contributed by atoms with van der Waals surface area (Å²) in [5.41, 5.74) is 1.17. The molecule has 1 aliphatic heterocycles. The number of rotatable bonds is 4. The molecule has 2 aromatic rings. The van der Waals surface area contributed by atoms with Gasteiger partial charge in [-0.1, -0.05) is 61.0 Å². The predicted octanol–water partition coefficient (Wildman–Crippen LogP) is 13.0. The number of hydrogen-bond donors (Lipinski definition) is 0. The molecule has 24 heteroatoms. The zero-order chi connectivity index (χ0) is 34.3. The Kier molecular flexibility index (Phi) is 50.5. The van der Waals surface area contributed by atoms with Crippen molar-refractivity contribution < 1.29 is 18.1 Å². The molecule has 0 saturated carbocycles. The Morgan fingerprint density at radius 3 is 1.02 bits per heavy atom. The Morgan fingerprint density at radius 1 is 0.568 bits per heavy atom. The molecule has 0 spiro atoms. The average molecular weight is 1300 g/mol. The molecule has 2 unspecified atom stereocenters. The van der Waals surface area contributed by atoms with E-state index in [4.69, 9.17) is 9.05 Å². The third kappa shape index (κ3) is 35.4. The summed E-state index contributed by atoms with van der Waals surface area (Å²) >= 11 is 0. The summed E-state index contributed by atoms with van der Waals surface area (Å²) in [5.74, 6) is 0. The van der Waals surface area contributed by atoms with Crippen molar-refractivity contribution in [2.75, 3.05) is 26.7 Å². The van der Waals surface area contributed by atoms with Crippen LogP contribution in [-0.2, 0) is 9.05 Å². The summed E-state index contributed by atoms with van der Waals surface area (Å²) < 4.78 is 56.0. The van der Waals surface area contributed by atoms with Crippen molar-refractivity contribution in [1.82, 2.24) is 27.1 Å². The minimum absolute atomic E-state index is 0. The largest absolute Gasteiger partial charge is 0.508 e. The molecule has 0 aliphatic carbocycles. The minimum Gasteiger partial charge on any atom is -0.508 e. The molecule has 252 valence electrons. The van der Waals surface area contributed by atoms with Crippen LogP contribution in [0.2, 0.25) is 0 Å². The van der Waals surface area contributed by atoms with Crippen molar-refractivity contribution in [3.05, 3.63) is 40.6 Å². The van der Waals surface area contributed by atoms with Crippen molar-refractivity contribution in [3.8, 4) is 0 Å². The van der Waals surface area contributed by atoms with Crippen LogP contribution in [0.25, 0.3) is 0 Å². The van der Waals surface area contributed by atoms with Crippen LogP contribution in [0, 0.1) is 28.4 Å². The first-order valence-corrected chi connectivity index (χ1v) is 24.9. The zero-order valence-electron chi connectivity index (χ0n) is 29.1. The van der Waals surface area contributed by atoms with Gasteiger partial charge in [0.15, 0.2) is 14.9 Å². The van der Waals surface area contributed by atoms with Crippen molar-refractivity contribution in [1.29, 1.82) is 0 Å². The van der Waals surface area contributed by atoms with Gasteiger partial charge in [0.1, 0.15) is 0 Å². The fraction of sp³-hybridized carbons (Fsp3) is 0.700. The monoisotopic (exact) mass is 1300 g/mol. The first kappa shape index (κ1) is 58.4. The van der Waals surface area contributed by atoms with Gasteiger partial charge in [-0.2, -0.15) is 18.7 Å². The molecular weight excluding hydrogens is 1240 g/mol.